The summed E-state index contributed by atoms with van der Waals surface area (Å²) < 4.78 is 12.4. The molecule has 0 spiro atoms. The van der Waals surface area contributed by atoms with Crippen molar-refractivity contribution in [2.75, 3.05) is 13.2 Å². The Morgan fingerprint density at radius 3 is 1.93 bits per heavy atom. The minimum Gasteiger partial charge on any atom is -1.00 e. The van der Waals surface area contributed by atoms with Crippen molar-refractivity contribution in [1.29, 1.82) is 0 Å². The fourth-order valence-electron chi connectivity index (χ4n) is 3.09. The third kappa shape index (κ3) is 5.66. The normalized spacial score (nSPS) is 14.0. The summed E-state index contributed by atoms with van der Waals surface area (Å²) in [4.78, 5) is 25.3. The number of pyridine rings is 1. The number of aromatic nitrogens is 1. The molecule has 0 saturated carbocycles. The molecule has 0 fully saturated rings. The monoisotopic (exact) mass is 600 g/mol. The molecule has 2 rings (SSSR count). The molecule has 0 saturated heterocycles. The maximum atomic E-state index is 12.6. The number of esters is 2. The van der Waals surface area contributed by atoms with Crippen LogP contribution in [0.1, 0.15) is 39.3 Å². The number of halogens is 2. The summed E-state index contributed by atoms with van der Waals surface area (Å²) in [5, 5.41) is 3.13. The van der Waals surface area contributed by atoms with E-state index in [0.29, 0.717) is 22.5 Å². The smallest absolute Gasteiger partial charge is 0.336 e. The van der Waals surface area contributed by atoms with Gasteiger partial charge in [0.1, 0.15) is 13.0 Å². The van der Waals surface area contributed by atoms with Crippen molar-refractivity contribution in [3.05, 3.63) is 52.6 Å². The standard InChI is InChI=1S/C19H24N2O4.2HI/c1-6-24-18(22)15-12(3)20-13(4)16(19(23)25-7-2)17(15)14-10-8-9-11-21(14)5;;/h8-11,17H,6-7H2,1-5H3;2*1H. The molecular weight excluding hydrogens is 574 g/mol. The van der Waals surface area contributed by atoms with E-state index in [4.69, 9.17) is 9.47 Å². The summed E-state index contributed by atoms with van der Waals surface area (Å²) in [5.41, 5.74) is 3.03. The maximum absolute atomic E-state index is 12.6. The van der Waals surface area contributed by atoms with E-state index in [0.717, 1.165) is 5.69 Å². The van der Waals surface area contributed by atoms with Crippen molar-refractivity contribution in [2.24, 2.45) is 7.05 Å². The molecule has 0 aliphatic carbocycles. The van der Waals surface area contributed by atoms with Gasteiger partial charge in [0.25, 0.3) is 0 Å². The van der Waals surface area contributed by atoms with Gasteiger partial charge < -0.3 is 38.8 Å². The minimum absolute atomic E-state index is 0. The summed E-state index contributed by atoms with van der Waals surface area (Å²) in [6.07, 6.45) is 1.88. The van der Waals surface area contributed by atoms with Gasteiger partial charge in [0.05, 0.1) is 24.4 Å². The zero-order valence-electron chi connectivity index (χ0n) is 16.2. The van der Waals surface area contributed by atoms with Crippen LogP contribution in [0.4, 0.5) is 0 Å². The Morgan fingerprint density at radius 1 is 1.04 bits per heavy atom. The van der Waals surface area contributed by atoms with Crippen LogP contribution in [0.15, 0.2) is 46.9 Å². The molecule has 2 heterocycles. The highest BCUT2D eigenvalue weighted by atomic mass is 127. The van der Waals surface area contributed by atoms with Crippen molar-refractivity contribution < 1.29 is 47.6 Å². The quantitative estimate of drug-likeness (QED) is 0.281. The number of rotatable bonds is 5. The van der Waals surface area contributed by atoms with Gasteiger partial charge in [-0.05, 0) is 27.7 Å². The molecule has 6 nitrogen and oxygen atoms in total. The molecule has 0 unspecified atom stereocenters. The first-order valence-corrected chi connectivity index (χ1v) is 8.39. The first-order chi connectivity index (χ1) is 11.9. The van der Waals surface area contributed by atoms with Gasteiger partial charge in [0.2, 0.25) is 0 Å². The minimum atomic E-state index is -0.550. The SMILES string of the molecule is CCOC(=O)C1=C(C)NC(C)=C(C(=O)OCC)C1c1cccc[n+]1C.I.[I-]. The number of hydrogen-bond acceptors (Lipinski definition) is 5. The summed E-state index contributed by atoms with van der Waals surface area (Å²) in [6, 6.07) is 5.67. The van der Waals surface area contributed by atoms with Crippen LogP contribution >= 0.6 is 24.0 Å². The molecule has 0 bridgehead atoms. The first-order valence-electron chi connectivity index (χ1n) is 8.39. The lowest BCUT2D eigenvalue weighted by Gasteiger charge is -2.28. The second-order valence-corrected chi connectivity index (χ2v) is 5.81. The number of aryl methyl sites for hydroxylation is 1. The van der Waals surface area contributed by atoms with Gasteiger partial charge in [-0.2, -0.15) is 0 Å². The third-order valence-corrected chi connectivity index (χ3v) is 4.14. The van der Waals surface area contributed by atoms with E-state index >= 15 is 0 Å². The molecule has 1 aromatic rings. The number of carbonyl (C=O) groups excluding carboxylic acids is 2. The Morgan fingerprint density at radius 2 is 1.52 bits per heavy atom. The van der Waals surface area contributed by atoms with E-state index < -0.39 is 17.9 Å². The highest BCUT2D eigenvalue weighted by Gasteiger charge is 2.41. The molecule has 0 amide bonds. The highest BCUT2D eigenvalue weighted by Crippen LogP contribution is 2.37. The Labute approximate surface area is 194 Å². The van der Waals surface area contributed by atoms with Crippen molar-refractivity contribution in [3.63, 3.8) is 0 Å². The van der Waals surface area contributed by atoms with Gasteiger partial charge in [0.15, 0.2) is 11.9 Å². The maximum Gasteiger partial charge on any atom is 0.336 e. The van der Waals surface area contributed by atoms with Crippen LogP contribution in [-0.4, -0.2) is 25.2 Å². The summed E-state index contributed by atoms with van der Waals surface area (Å²) >= 11 is 0. The van der Waals surface area contributed by atoms with E-state index in [1.54, 1.807) is 13.8 Å². The van der Waals surface area contributed by atoms with Crippen LogP contribution in [0, 0.1) is 0 Å². The van der Waals surface area contributed by atoms with Crippen LogP contribution in [0.3, 0.4) is 0 Å². The molecule has 0 radical (unpaired) electrons. The van der Waals surface area contributed by atoms with E-state index in [2.05, 4.69) is 5.32 Å². The van der Waals surface area contributed by atoms with Crippen molar-refractivity contribution in [1.82, 2.24) is 5.32 Å². The van der Waals surface area contributed by atoms with Crippen molar-refractivity contribution in [3.8, 4) is 0 Å². The van der Waals surface area contributed by atoms with E-state index in [-0.39, 0.29) is 61.2 Å². The van der Waals surface area contributed by atoms with E-state index in [1.165, 1.54) is 0 Å². The lowest BCUT2D eigenvalue weighted by molar-refractivity contribution is -0.679. The average molecular weight is 600 g/mol. The van der Waals surface area contributed by atoms with Gasteiger partial charge >= 0.3 is 11.9 Å². The molecule has 0 atom stereocenters. The Balaban J connectivity index is 0.00000338. The molecule has 1 aromatic heterocycles. The number of carbonyl (C=O) groups is 2. The fraction of sp³-hybridized carbons (Fsp3) is 0.421. The Kier molecular flexibility index (Phi) is 11.1. The summed E-state index contributed by atoms with van der Waals surface area (Å²) in [5.74, 6) is -1.42. The number of allylic oxidation sites excluding steroid dienone is 2. The third-order valence-electron chi connectivity index (χ3n) is 4.14. The predicted molar refractivity (Wildman–Crippen MR) is 108 cm³/mol. The number of ether oxygens (including phenoxy) is 2. The van der Waals surface area contributed by atoms with Crippen molar-refractivity contribution >= 4 is 35.9 Å². The van der Waals surface area contributed by atoms with Gasteiger partial charge in [-0.25, -0.2) is 14.2 Å². The zero-order valence-corrected chi connectivity index (χ0v) is 20.7. The molecular formula is C19H26I2N2O4. The van der Waals surface area contributed by atoms with Gasteiger partial charge in [-0.3, -0.25) is 0 Å². The molecule has 8 heteroatoms. The number of nitrogens with one attached hydrogen (secondary N) is 1. The molecule has 1 aliphatic rings. The van der Waals surface area contributed by atoms with Crippen molar-refractivity contribution in [2.45, 2.75) is 33.6 Å². The molecule has 27 heavy (non-hydrogen) atoms. The lowest BCUT2D eigenvalue weighted by Crippen LogP contribution is -3.00. The number of nitrogens with zero attached hydrogens (tertiary/aromatic N) is 1. The Hall–Kier alpha value is -1.17. The van der Waals surface area contributed by atoms with Crippen LogP contribution in [-0.2, 0) is 26.1 Å². The average Bonchev–Trinajstić information content (AvgIpc) is 2.54. The number of dihydropyridines is 1. The van der Waals surface area contributed by atoms with Crippen LogP contribution in [0.25, 0.3) is 0 Å². The highest BCUT2D eigenvalue weighted by molar-refractivity contribution is 14.0. The fourth-order valence-corrected chi connectivity index (χ4v) is 3.09. The van der Waals surface area contributed by atoms with Gasteiger partial charge in [-0.1, -0.05) is 6.07 Å². The molecule has 0 aromatic carbocycles. The molecule has 1 aliphatic heterocycles. The summed E-state index contributed by atoms with van der Waals surface area (Å²) in [7, 11) is 1.88. The van der Waals surface area contributed by atoms with Crippen LogP contribution in [0.5, 0.6) is 0 Å². The van der Waals surface area contributed by atoms with E-state index in [9.17, 15) is 9.59 Å². The molecule has 1 N–H and O–H groups in total. The molecule has 150 valence electrons. The van der Waals surface area contributed by atoms with Crippen LogP contribution in [0.2, 0.25) is 0 Å². The zero-order chi connectivity index (χ0) is 18.6. The first kappa shape index (κ1) is 25.8. The predicted octanol–water partition coefficient (Wildman–Crippen LogP) is -0.506. The number of hydrogen-bond donors (Lipinski definition) is 1. The Bertz CT molecular complexity index is 720. The van der Waals surface area contributed by atoms with E-state index in [1.807, 2.05) is 49.9 Å². The second kappa shape index (κ2) is 11.6. The van der Waals surface area contributed by atoms with Gasteiger partial charge in [-0.15, -0.1) is 24.0 Å². The second-order valence-electron chi connectivity index (χ2n) is 5.81. The topological polar surface area (TPSA) is 68.5 Å². The summed E-state index contributed by atoms with van der Waals surface area (Å²) in [6.45, 7) is 7.67. The largest absolute Gasteiger partial charge is 1.00 e. The van der Waals surface area contributed by atoms with Gasteiger partial charge in [0, 0.05) is 23.5 Å². The van der Waals surface area contributed by atoms with Crippen LogP contribution < -0.4 is 33.9 Å². The lowest BCUT2D eigenvalue weighted by atomic mass is 9.82.